The van der Waals surface area contributed by atoms with Crippen LogP contribution in [0, 0.1) is 6.92 Å². The molecule has 0 radical (unpaired) electrons. The van der Waals surface area contributed by atoms with Gasteiger partial charge in [-0.15, -0.1) is 11.3 Å². The zero-order valence-corrected chi connectivity index (χ0v) is 14.3. The number of hydrogen-bond donors (Lipinski definition) is 2. The van der Waals surface area contributed by atoms with Crippen LogP contribution in [0.4, 0.5) is 5.13 Å². The van der Waals surface area contributed by atoms with Gasteiger partial charge in [-0.1, -0.05) is 11.6 Å². The molecule has 124 valence electrons. The SMILES string of the molecule is COc1ccc(C)cc1-c1csc(NC(=O)CC(CN)OC)n1. The van der Waals surface area contributed by atoms with Crippen molar-refractivity contribution in [2.24, 2.45) is 5.73 Å². The smallest absolute Gasteiger partial charge is 0.228 e. The van der Waals surface area contributed by atoms with E-state index in [-0.39, 0.29) is 18.4 Å². The van der Waals surface area contributed by atoms with Crippen molar-refractivity contribution < 1.29 is 14.3 Å². The molecule has 0 saturated carbocycles. The number of nitrogens with zero attached hydrogens (tertiary/aromatic N) is 1. The largest absolute Gasteiger partial charge is 0.496 e. The molecule has 0 saturated heterocycles. The van der Waals surface area contributed by atoms with E-state index in [4.69, 9.17) is 15.2 Å². The lowest BCUT2D eigenvalue weighted by Crippen LogP contribution is -2.28. The second-order valence-electron chi connectivity index (χ2n) is 5.09. The summed E-state index contributed by atoms with van der Waals surface area (Å²) in [6.07, 6.45) is -0.0818. The molecule has 2 rings (SSSR count). The van der Waals surface area contributed by atoms with Crippen LogP contribution in [0.15, 0.2) is 23.6 Å². The second kappa shape index (κ2) is 8.05. The Hall–Kier alpha value is -1.96. The van der Waals surface area contributed by atoms with Gasteiger partial charge in [-0.25, -0.2) is 4.98 Å². The van der Waals surface area contributed by atoms with E-state index in [9.17, 15) is 4.79 Å². The Morgan fingerprint density at radius 1 is 1.43 bits per heavy atom. The van der Waals surface area contributed by atoms with Crippen LogP contribution in [0.2, 0.25) is 0 Å². The first-order chi connectivity index (χ1) is 11.1. The lowest BCUT2D eigenvalue weighted by molar-refractivity contribution is -0.118. The molecule has 1 aromatic carbocycles. The fourth-order valence-electron chi connectivity index (χ4n) is 2.12. The monoisotopic (exact) mass is 335 g/mol. The van der Waals surface area contributed by atoms with Gasteiger partial charge in [0.25, 0.3) is 0 Å². The molecule has 6 nitrogen and oxygen atoms in total. The van der Waals surface area contributed by atoms with Crippen molar-refractivity contribution >= 4 is 22.4 Å². The van der Waals surface area contributed by atoms with Crippen LogP contribution >= 0.6 is 11.3 Å². The molecule has 0 fully saturated rings. The number of carbonyl (C=O) groups is 1. The van der Waals surface area contributed by atoms with Crippen molar-refractivity contribution in [2.45, 2.75) is 19.4 Å². The molecule has 0 aliphatic heterocycles. The Morgan fingerprint density at radius 2 is 2.22 bits per heavy atom. The van der Waals surface area contributed by atoms with Gasteiger partial charge in [-0.05, 0) is 19.1 Å². The highest BCUT2D eigenvalue weighted by atomic mass is 32.1. The quantitative estimate of drug-likeness (QED) is 0.811. The molecule has 2 aromatic rings. The maximum absolute atomic E-state index is 12.0. The van der Waals surface area contributed by atoms with Crippen molar-refractivity contribution in [1.29, 1.82) is 0 Å². The highest BCUT2D eigenvalue weighted by molar-refractivity contribution is 7.14. The van der Waals surface area contributed by atoms with Crippen LogP contribution in [-0.4, -0.2) is 37.8 Å². The predicted molar refractivity (Wildman–Crippen MR) is 91.9 cm³/mol. The average molecular weight is 335 g/mol. The minimum Gasteiger partial charge on any atom is -0.496 e. The molecule has 1 heterocycles. The van der Waals surface area contributed by atoms with E-state index in [1.165, 1.54) is 18.4 Å². The molecule has 0 spiro atoms. The number of nitrogens with two attached hydrogens (primary N) is 1. The number of aromatic nitrogens is 1. The third kappa shape index (κ3) is 4.51. The lowest BCUT2D eigenvalue weighted by atomic mass is 10.1. The summed E-state index contributed by atoms with van der Waals surface area (Å²) in [5.41, 5.74) is 8.31. The van der Waals surface area contributed by atoms with Crippen molar-refractivity contribution in [1.82, 2.24) is 4.98 Å². The van der Waals surface area contributed by atoms with Gasteiger partial charge in [0.05, 0.1) is 25.3 Å². The molecule has 1 unspecified atom stereocenters. The van der Waals surface area contributed by atoms with Crippen LogP contribution in [0.1, 0.15) is 12.0 Å². The highest BCUT2D eigenvalue weighted by Gasteiger charge is 2.15. The van der Waals surface area contributed by atoms with Crippen LogP contribution < -0.4 is 15.8 Å². The summed E-state index contributed by atoms with van der Waals surface area (Å²) in [6.45, 7) is 2.31. The molecular formula is C16H21N3O3S. The summed E-state index contributed by atoms with van der Waals surface area (Å²) in [5, 5.41) is 5.21. The number of methoxy groups -OCH3 is 2. The average Bonchev–Trinajstić information content (AvgIpc) is 3.00. The number of nitrogens with one attached hydrogen (secondary N) is 1. The molecule has 3 N–H and O–H groups in total. The van der Waals surface area contributed by atoms with Gasteiger partial charge >= 0.3 is 0 Å². The van der Waals surface area contributed by atoms with Gasteiger partial charge in [0.15, 0.2) is 5.13 Å². The van der Waals surface area contributed by atoms with Gasteiger partial charge in [-0.3, -0.25) is 4.79 Å². The molecule has 1 aromatic heterocycles. The first kappa shape index (κ1) is 17.4. The topological polar surface area (TPSA) is 86.5 Å². The Bertz CT molecular complexity index is 668. The van der Waals surface area contributed by atoms with Crippen molar-refractivity contribution in [2.75, 3.05) is 26.1 Å². The number of amides is 1. The van der Waals surface area contributed by atoms with Crippen LogP contribution in [0.25, 0.3) is 11.3 Å². The van der Waals surface area contributed by atoms with E-state index < -0.39 is 0 Å². The number of aryl methyl sites for hydroxylation is 1. The van der Waals surface area contributed by atoms with E-state index in [2.05, 4.69) is 10.3 Å². The van der Waals surface area contributed by atoms with Gasteiger partial charge in [-0.2, -0.15) is 0 Å². The normalized spacial score (nSPS) is 12.0. The summed E-state index contributed by atoms with van der Waals surface area (Å²) in [6, 6.07) is 5.90. The van der Waals surface area contributed by atoms with E-state index in [0.717, 1.165) is 22.6 Å². The molecule has 7 heteroatoms. The predicted octanol–water partition coefficient (Wildman–Crippen LogP) is 2.43. The van der Waals surface area contributed by atoms with E-state index in [1.54, 1.807) is 7.11 Å². The summed E-state index contributed by atoms with van der Waals surface area (Å²) < 4.78 is 10.5. The summed E-state index contributed by atoms with van der Waals surface area (Å²) in [5.74, 6) is 0.584. The molecule has 0 bridgehead atoms. The number of hydrogen-bond acceptors (Lipinski definition) is 6. The minimum absolute atomic E-state index is 0.167. The standard InChI is InChI=1S/C16H21N3O3S/c1-10-4-5-14(22-3)12(6-10)13-9-23-16(18-13)19-15(20)7-11(8-17)21-2/h4-6,9,11H,7-8,17H2,1-3H3,(H,18,19,20). The maximum Gasteiger partial charge on any atom is 0.228 e. The lowest BCUT2D eigenvalue weighted by Gasteiger charge is -2.11. The zero-order valence-electron chi connectivity index (χ0n) is 13.5. The van der Waals surface area contributed by atoms with Crippen LogP contribution in [0.3, 0.4) is 0 Å². The fraction of sp³-hybridized carbons (Fsp3) is 0.375. The third-order valence-electron chi connectivity index (χ3n) is 3.39. The first-order valence-corrected chi connectivity index (χ1v) is 8.08. The Balaban J connectivity index is 2.12. The minimum atomic E-state index is -0.286. The van der Waals surface area contributed by atoms with E-state index >= 15 is 0 Å². The second-order valence-corrected chi connectivity index (χ2v) is 5.95. The highest BCUT2D eigenvalue weighted by Crippen LogP contribution is 2.32. The van der Waals surface area contributed by atoms with E-state index in [0.29, 0.717) is 11.7 Å². The van der Waals surface area contributed by atoms with Crippen molar-refractivity contribution in [3.8, 4) is 17.0 Å². The van der Waals surface area contributed by atoms with E-state index in [1.807, 2.05) is 30.5 Å². The van der Waals surface area contributed by atoms with Gasteiger partial charge in [0, 0.05) is 24.6 Å². The van der Waals surface area contributed by atoms with Crippen molar-refractivity contribution in [3.05, 3.63) is 29.1 Å². The number of rotatable bonds is 7. The van der Waals surface area contributed by atoms with Gasteiger partial charge < -0.3 is 20.5 Å². The summed E-state index contributed by atoms with van der Waals surface area (Å²) in [4.78, 5) is 16.4. The van der Waals surface area contributed by atoms with Crippen LogP contribution in [-0.2, 0) is 9.53 Å². The zero-order chi connectivity index (χ0) is 16.8. The Morgan fingerprint density at radius 3 is 2.87 bits per heavy atom. The van der Waals surface area contributed by atoms with Crippen molar-refractivity contribution in [3.63, 3.8) is 0 Å². The number of ether oxygens (including phenoxy) is 2. The maximum atomic E-state index is 12.0. The Kier molecular flexibility index (Phi) is 6.09. The molecular weight excluding hydrogens is 314 g/mol. The number of thiazole rings is 1. The molecule has 1 amide bonds. The third-order valence-corrected chi connectivity index (χ3v) is 4.15. The Labute approximate surface area is 139 Å². The van der Waals surface area contributed by atoms with Crippen LogP contribution in [0.5, 0.6) is 5.75 Å². The number of anilines is 1. The molecule has 23 heavy (non-hydrogen) atoms. The summed E-state index contributed by atoms with van der Waals surface area (Å²) in [7, 11) is 3.16. The fourth-order valence-corrected chi connectivity index (χ4v) is 2.84. The summed E-state index contributed by atoms with van der Waals surface area (Å²) >= 11 is 1.37. The molecule has 0 aliphatic carbocycles. The molecule has 1 atom stereocenters. The molecule has 0 aliphatic rings. The first-order valence-electron chi connectivity index (χ1n) is 7.20. The number of benzene rings is 1. The van der Waals surface area contributed by atoms with Gasteiger partial charge in [0.2, 0.25) is 5.91 Å². The number of carbonyl (C=O) groups excluding carboxylic acids is 1. The van der Waals surface area contributed by atoms with Gasteiger partial charge in [0.1, 0.15) is 5.75 Å².